The number of rotatable bonds is 4. The van der Waals surface area contributed by atoms with Crippen LogP contribution in [0.15, 0.2) is 47.4 Å². The Morgan fingerprint density at radius 2 is 1.66 bits per heavy atom. The third-order valence-corrected chi connectivity index (χ3v) is 7.64. The average Bonchev–Trinajstić information content (AvgIpc) is 2.74. The van der Waals surface area contributed by atoms with Gasteiger partial charge < -0.3 is 9.64 Å². The second-order valence-corrected chi connectivity index (χ2v) is 10.4. The number of fused-ring (bicyclic) bond motifs is 1. The standard InChI is InChI=1S/C24H26N4O3S/c1-15-9-10-19(11-16(15)2)32(29,30)22(12-25)23-24(28-13-17(3)31-18(4)14-28)27-21-8-6-5-7-20(21)26-23/h5-11,17-18,22H,13-14H2,1-4H3/t17-,18+,22-/m0/s1. The van der Waals surface area contributed by atoms with E-state index in [4.69, 9.17) is 9.72 Å². The van der Waals surface area contributed by atoms with Crippen molar-refractivity contribution in [2.24, 2.45) is 0 Å². The normalized spacial score (nSPS) is 20.2. The quantitative estimate of drug-likeness (QED) is 0.595. The van der Waals surface area contributed by atoms with Gasteiger partial charge in [0.2, 0.25) is 9.84 Å². The zero-order valence-corrected chi connectivity index (χ0v) is 19.4. The summed E-state index contributed by atoms with van der Waals surface area (Å²) in [6.07, 6.45) is -0.117. The molecule has 0 saturated carbocycles. The molecule has 0 spiro atoms. The van der Waals surface area contributed by atoms with Crippen LogP contribution in [0.2, 0.25) is 0 Å². The van der Waals surface area contributed by atoms with Crippen molar-refractivity contribution in [1.29, 1.82) is 5.26 Å². The second-order valence-electron chi connectivity index (χ2n) is 8.38. The summed E-state index contributed by atoms with van der Waals surface area (Å²) >= 11 is 0. The molecule has 8 heteroatoms. The van der Waals surface area contributed by atoms with Crippen LogP contribution < -0.4 is 4.90 Å². The van der Waals surface area contributed by atoms with E-state index in [1.807, 2.05) is 56.9 Å². The fourth-order valence-electron chi connectivity index (χ4n) is 4.07. The molecular weight excluding hydrogens is 424 g/mol. The summed E-state index contributed by atoms with van der Waals surface area (Å²) in [6, 6.07) is 14.2. The van der Waals surface area contributed by atoms with Gasteiger partial charge in [-0.25, -0.2) is 18.4 Å². The van der Waals surface area contributed by atoms with E-state index >= 15 is 0 Å². The van der Waals surface area contributed by atoms with E-state index in [-0.39, 0.29) is 22.8 Å². The molecule has 3 aromatic rings. The molecule has 4 rings (SSSR count). The molecule has 1 saturated heterocycles. The SMILES string of the molecule is Cc1ccc(S(=O)(=O)[C@@H](C#N)c2nc3ccccc3nc2N2C[C@@H](C)O[C@@H](C)C2)cc1C. The van der Waals surface area contributed by atoms with E-state index in [9.17, 15) is 13.7 Å². The van der Waals surface area contributed by atoms with Crippen molar-refractivity contribution >= 4 is 26.7 Å². The molecule has 3 atom stereocenters. The molecule has 0 radical (unpaired) electrons. The van der Waals surface area contributed by atoms with E-state index in [1.54, 1.807) is 24.3 Å². The van der Waals surface area contributed by atoms with Crippen LogP contribution in [-0.2, 0) is 14.6 Å². The first kappa shape index (κ1) is 22.2. The van der Waals surface area contributed by atoms with Crippen molar-refractivity contribution in [2.75, 3.05) is 18.0 Å². The summed E-state index contributed by atoms with van der Waals surface area (Å²) in [6.45, 7) is 8.77. The highest BCUT2D eigenvalue weighted by molar-refractivity contribution is 7.92. The monoisotopic (exact) mass is 450 g/mol. The second kappa shape index (κ2) is 8.49. The lowest BCUT2D eigenvalue weighted by Crippen LogP contribution is -2.46. The Labute approximate surface area is 188 Å². The molecule has 1 fully saturated rings. The van der Waals surface area contributed by atoms with Gasteiger partial charge >= 0.3 is 0 Å². The first-order chi connectivity index (χ1) is 15.2. The van der Waals surface area contributed by atoms with Crippen LogP contribution in [0.3, 0.4) is 0 Å². The number of aryl methyl sites for hydroxylation is 2. The third-order valence-electron chi connectivity index (χ3n) is 5.78. The minimum atomic E-state index is -4.02. The van der Waals surface area contributed by atoms with Gasteiger partial charge in [0, 0.05) is 13.1 Å². The van der Waals surface area contributed by atoms with E-state index in [0.717, 1.165) is 11.1 Å². The van der Waals surface area contributed by atoms with Gasteiger partial charge in [-0.2, -0.15) is 5.26 Å². The molecule has 0 amide bonds. The predicted octanol–water partition coefficient (Wildman–Crippen LogP) is 3.90. The van der Waals surface area contributed by atoms with Gasteiger partial charge in [0.1, 0.15) is 5.69 Å². The lowest BCUT2D eigenvalue weighted by Gasteiger charge is -2.37. The zero-order chi connectivity index (χ0) is 23.0. The molecule has 166 valence electrons. The number of morpholine rings is 1. The van der Waals surface area contributed by atoms with E-state index in [0.29, 0.717) is 29.9 Å². The number of sulfone groups is 1. The van der Waals surface area contributed by atoms with Gasteiger partial charge in [-0.05, 0) is 63.1 Å². The van der Waals surface area contributed by atoms with Crippen LogP contribution in [0.5, 0.6) is 0 Å². The molecule has 7 nitrogen and oxygen atoms in total. The summed E-state index contributed by atoms with van der Waals surface area (Å²) in [5, 5.41) is 8.58. The Hall–Kier alpha value is -3.02. The Kier molecular flexibility index (Phi) is 5.89. The molecule has 1 aliphatic rings. The number of aromatic nitrogens is 2. The number of para-hydroxylation sites is 2. The van der Waals surface area contributed by atoms with Crippen molar-refractivity contribution in [3.8, 4) is 6.07 Å². The average molecular weight is 451 g/mol. The van der Waals surface area contributed by atoms with Gasteiger partial charge in [-0.1, -0.05) is 18.2 Å². The van der Waals surface area contributed by atoms with Crippen molar-refractivity contribution < 1.29 is 13.2 Å². The molecule has 2 aromatic carbocycles. The van der Waals surface area contributed by atoms with Crippen molar-refractivity contribution in [3.05, 3.63) is 59.3 Å². The number of hydrogen-bond donors (Lipinski definition) is 0. The molecular formula is C24H26N4O3S. The highest BCUT2D eigenvalue weighted by atomic mass is 32.2. The number of nitrogens with zero attached hydrogens (tertiary/aromatic N) is 4. The first-order valence-electron chi connectivity index (χ1n) is 10.6. The van der Waals surface area contributed by atoms with Crippen LogP contribution in [0.4, 0.5) is 5.82 Å². The number of hydrogen-bond acceptors (Lipinski definition) is 7. The molecule has 0 N–H and O–H groups in total. The van der Waals surface area contributed by atoms with Crippen LogP contribution >= 0.6 is 0 Å². The fraction of sp³-hybridized carbons (Fsp3) is 0.375. The minimum Gasteiger partial charge on any atom is -0.372 e. The summed E-state index contributed by atoms with van der Waals surface area (Å²) in [4.78, 5) is 11.5. The Balaban J connectivity index is 1.90. The van der Waals surface area contributed by atoms with Crippen LogP contribution in [0.25, 0.3) is 11.0 Å². The third kappa shape index (κ3) is 4.06. The number of nitriles is 1. The predicted molar refractivity (Wildman–Crippen MR) is 123 cm³/mol. The zero-order valence-electron chi connectivity index (χ0n) is 18.6. The number of ether oxygens (including phenoxy) is 1. The van der Waals surface area contributed by atoms with Crippen molar-refractivity contribution in [2.45, 2.75) is 50.0 Å². The first-order valence-corrected chi connectivity index (χ1v) is 12.1. The van der Waals surface area contributed by atoms with E-state index < -0.39 is 15.1 Å². The number of anilines is 1. The number of benzene rings is 2. The lowest BCUT2D eigenvalue weighted by molar-refractivity contribution is -0.00550. The minimum absolute atomic E-state index is 0.0586. The smallest absolute Gasteiger partial charge is 0.200 e. The molecule has 2 heterocycles. The van der Waals surface area contributed by atoms with Crippen molar-refractivity contribution in [1.82, 2.24) is 9.97 Å². The van der Waals surface area contributed by atoms with Crippen LogP contribution in [0.1, 0.15) is 35.9 Å². The topological polar surface area (TPSA) is 96.2 Å². The maximum atomic E-state index is 13.6. The fourth-order valence-corrected chi connectivity index (χ4v) is 5.53. The Morgan fingerprint density at radius 1 is 1.03 bits per heavy atom. The summed E-state index contributed by atoms with van der Waals surface area (Å²) < 4.78 is 33.0. The van der Waals surface area contributed by atoms with E-state index in [1.165, 1.54) is 0 Å². The van der Waals surface area contributed by atoms with Gasteiger partial charge in [0.15, 0.2) is 11.1 Å². The van der Waals surface area contributed by atoms with Crippen LogP contribution in [0, 0.1) is 25.2 Å². The van der Waals surface area contributed by atoms with Gasteiger partial charge in [0.25, 0.3) is 0 Å². The van der Waals surface area contributed by atoms with Crippen molar-refractivity contribution in [3.63, 3.8) is 0 Å². The van der Waals surface area contributed by atoms with E-state index in [2.05, 4.69) is 4.98 Å². The summed E-state index contributed by atoms with van der Waals surface area (Å²) in [5.74, 6) is 0.421. The molecule has 0 bridgehead atoms. The molecule has 0 aliphatic carbocycles. The molecule has 1 aliphatic heterocycles. The summed E-state index contributed by atoms with van der Waals surface area (Å²) in [5.41, 5.74) is 3.20. The van der Waals surface area contributed by atoms with Gasteiger partial charge in [0.05, 0.1) is 34.2 Å². The summed E-state index contributed by atoms with van der Waals surface area (Å²) in [7, 11) is -4.02. The Bertz CT molecular complexity index is 1310. The maximum absolute atomic E-state index is 13.6. The lowest BCUT2D eigenvalue weighted by atomic mass is 10.1. The molecule has 0 unspecified atom stereocenters. The Morgan fingerprint density at radius 3 is 2.25 bits per heavy atom. The highest BCUT2D eigenvalue weighted by Gasteiger charge is 2.36. The molecule has 32 heavy (non-hydrogen) atoms. The molecule has 1 aromatic heterocycles. The van der Waals surface area contributed by atoms with Gasteiger partial charge in [-0.3, -0.25) is 0 Å². The largest absolute Gasteiger partial charge is 0.372 e. The van der Waals surface area contributed by atoms with Gasteiger partial charge in [-0.15, -0.1) is 0 Å². The highest BCUT2D eigenvalue weighted by Crippen LogP contribution is 2.35. The van der Waals surface area contributed by atoms with Crippen LogP contribution in [-0.4, -0.2) is 43.7 Å². The maximum Gasteiger partial charge on any atom is 0.200 e.